The Hall–Kier alpha value is -0.803. The quantitative estimate of drug-likeness (QED) is 0.355. The zero-order valence-electron chi connectivity index (χ0n) is 14.2. The van der Waals surface area contributed by atoms with Crippen molar-refractivity contribution < 1.29 is 7.86 Å². The van der Waals surface area contributed by atoms with Crippen LogP contribution in [0.15, 0.2) is 24.3 Å². The van der Waals surface area contributed by atoms with E-state index in [0.29, 0.717) is 16.6 Å². The van der Waals surface area contributed by atoms with Gasteiger partial charge >= 0.3 is 143 Å². The van der Waals surface area contributed by atoms with Crippen LogP contribution in [0.1, 0.15) is 51.9 Å². The molecule has 1 aromatic carbocycles. The van der Waals surface area contributed by atoms with Crippen molar-refractivity contribution in [3.63, 3.8) is 0 Å². The minimum atomic E-state index is -2.13. The van der Waals surface area contributed by atoms with Crippen LogP contribution >= 0.6 is 20.2 Å². The molecule has 0 spiro atoms. The van der Waals surface area contributed by atoms with Crippen LogP contribution in [0.5, 0.6) is 0 Å². The number of carbonyl (C=O) groups is 1. The average Bonchev–Trinajstić information content (AvgIpc) is 2.76. The Morgan fingerprint density at radius 3 is 2.09 bits per heavy atom. The first kappa shape index (κ1) is 17.5. The SMILES string of the molecule is CC(C)[Si](C#CI1OC(=O)c2ccccc21)(C(C)C)C(C)C. The molecule has 0 aromatic heterocycles. The molecule has 0 radical (unpaired) electrons. The molecule has 120 valence electrons. The molecular formula is C18H25IO2Si. The van der Waals surface area contributed by atoms with Gasteiger partial charge in [0, 0.05) is 0 Å². The molecular weight excluding hydrogens is 403 g/mol. The number of hydrogen-bond acceptors (Lipinski definition) is 2. The van der Waals surface area contributed by atoms with Crippen molar-refractivity contribution in [2.24, 2.45) is 0 Å². The molecule has 0 fully saturated rings. The number of hydrogen-bond donors (Lipinski definition) is 0. The van der Waals surface area contributed by atoms with Crippen molar-refractivity contribution in [2.75, 3.05) is 0 Å². The Labute approximate surface area is 143 Å². The molecule has 1 aromatic rings. The molecule has 0 atom stereocenters. The summed E-state index contributed by atoms with van der Waals surface area (Å²) in [5.41, 5.74) is 6.25. The number of rotatable bonds is 3. The van der Waals surface area contributed by atoms with Crippen molar-refractivity contribution in [3.8, 4) is 9.47 Å². The maximum atomic E-state index is 12.0. The van der Waals surface area contributed by atoms with Gasteiger partial charge in [-0.25, -0.2) is 0 Å². The standard InChI is InChI=1S/C18H25IO2Si/c1-13(2)22(14(3)4,15(5)6)12-11-19-17-10-8-7-9-16(17)18(20)21-19/h7-10,13-15H,1-6H3. The van der Waals surface area contributed by atoms with Gasteiger partial charge in [-0.05, 0) is 0 Å². The fraction of sp³-hybridized carbons (Fsp3) is 0.500. The zero-order chi connectivity index (χ0) is 16.5. The van der Waals surface area contributed by atoms with Crippen LogP contribution in [-0.4, -0.2) is 14.0 Å². The molecule has 0 unspecified atom stereocenters. The Balaban J connectivity index is 2.42. The van der Waals surface area contributed by atoms with Crippen LogP contribution in [0.2, 0.25) is 16.6 Å². The summed E-state index contributed by atoms with van der Waals surface area (Å²) in [7, 11) is -1.75. The van der Waals surface area contributed by atoms with Gasteiger partial charge in [0.2, 0.25) is 0 Å². The fourth-order valence-corrected chi connectivity index (χ4v) is 13.5. The van der Waals surface area contributed by atoms with Crippen LogP contribution < -0.4 is 0 Å². The first-order valence-corrected chi connectivity index (χ1v) is 13.1. The molecule has 4 heteroatoms. The van der Waals surface area contributed by atoms with Crippen molar-refractivity contribution in [3.05, 3.63) is 33.4 Å². The van der Waals surface area contributed by atoms with E-state index in [2.05, 4.69) is 51.0 Å². The van der Waals surface area contributed by atoms with Crippen LogP contribution in [0.4, 0.5) is 0 Å². The fourth-order valence-electron chi connectivity index (χ4n) is 3.56. The average molecular weight is 428 g/mol. The van der Waals surface area contributed by atoms with E-state index in [4.69, 9.17) is 3.07 Å². The van der Waals surface area contributed by atoms with Crippen LogP contribution in [-0.2, 0) is 3.07 Å². The Bertz CT molecular complexity index is 604. The summed E-state index contributed by atoms with van der Waals surface area (Å²) < 4.78 is 10.2. The third-order valence-corrected chi connectivity index (χ3v) is 15.0. The van der Waals surface area contributed by atoms with Gasteiger partial charge in [0.1, 0.15) is 0 Å². The predicted molar refractivity (Wildman–Crippen MR) is 103 cm³/mol. The van der Waals surface area contributed by atoms with Gasteiger partial charge in [-0.1, -0.05) is 0 Å². The van der Waals surface area contributed by atoms with Gasteiger partial charge in [0.15, 0.2) is 0 Å². The van der Waals surface area contributed by atoms with E-state index in [0.717, 1.165) is 9.13 Å². The monoisotopic (exact) mass is 428 g/mol. The minimum absolute atomic E-state index is 0.180. The van der Waals surface area contributed by atoms with E-state index in [9.17, 15) is 4.79 Å². The summed E-state index contributed by atoms with van der Waals surface area (Å²) in [5, 5.41) is 0. The Kier molecular flexibility index (Phi) is 5.39. The molecule has 0 aliphatic carbocycles. The molecule has 22 heavy (non-hydrogen) atoms. The van der Waals surface area contributed by atoms with Crippen LogP contribution in [0.25, 0.3) is 0 Å². The number of halogens is 1. The van der Waals surface area contributed by atoms with Gasteiger partial charge in [0.05, 0.1) is 0 Å². The molecule has 2 rings (SSSR count). The summed E-state index contributed by atoms with van der Waals surface area (Å²) >= 11 is -2.13. The van der Waals surface area contributed by atoms with Crippen LogP contribution in [0.3, 0.4) is 0 Å². The van der Waals surface area contributed by atoms with Crippen molar-refractivity contribution >= 4 is 34.3 Å². The summed E-state index contributed by atoms with van der Waals surface area (Å²) in [5.74, 6) is -0.180. The summed E-state index contributed by atoms with van der Waals surface area (Å²) in [4.78, 5) is 12.0. The number of carbonyl (C=O) groups excluding carboxylic acids is 1. The number of fused-ring (bicyclic) bond motifs is 1. The van der Waals surface area contributed by atoms with Gasteiger partial charge in [-0.3, -0.25) is 0 Å². The van der Waals surface area contributed by atoms with Crippen molar-refractivity contribution in [2.45, 2.75) is 58.2 Å². The third-order valence-electron chi connectivity index (χ3n) is 4.64. The zero-order valence-corrected chi connectivity index (χ0v) is 17.4. The topological polar surface area (TPSA) is 26.3 Å². The van der Waals surface area contributed by atoms with Crippen molar-refractivity contribution in [1.82, 2.24) is 0 Å². The molecule has 0 amide bonds. The molecule has 1 aliphatic heterocycles. The second-order valence-electron chi connectivity index (χ2n) is 6.71. The first-order valence-electron chi connectivity index (χ1n) is 7.85. The predicted octanol–water partition coefficient (Wildman–Crippen LogP) is 5.63. The Morgan fingerprint density at radius 1 is 1.00 bits per heavy atom. The first-order chi connectivity index (χ1) is 10.3. The molecule has 2 nitrogen and oxygen atoms in total. The van der Waals surface area contributed by atoms with E-state index in [1.54, 1.807) is 0 Å². The molecule has 0 saturated heterocycles. The van der Waals surface area contributed by atoms with Gasteiger partial charge in [-0.2, -0.15) is 0 Å². The number of benzene rings is 1. The second kappa shape index (κ2) is 6.75. The summed E-state index contributed by atoms with van der Waals surface area (Å²) in [6.07, 6.45) is 0. The van der Waals surface area contributed by atoms with E-state index in [-0.39, 0.29) is 5.97 Å². The second-order valence-corrected chi connectivity index (χ2v) is 15.9. The van der Waals surface area contributed by atoms with E-state index < -0.39 is 28.3 Å². The van der Waals surface area contributed by atoms with Gasteiger partial charge in [-0.15, -0.1) is 0 Å². The molecule has 0 saturated carbocycles. The summed E-state index contributed by atoms with van der Waals surface area (Å²) in [6, 6.07) is 7.74. The van der Waals surface area contributed by atoms with Gasteiger partial charge in [0.25, 0.3) is 0 Å². The van der Waals surface area contributed by atoms with E-state index in [1.807, 2.05) is 24.3 Å². The van der Waals surface area contributed by atoms with E-state index >= 15 is 0 Å². The molecule has 0 bridgehead atoms. The van der Waals surface area contributed by atoms with Crippen molar-refractivity contribution in [1.29, 1.82) is 0 Å². The summed E-state index contributed by atoms with van der Waals surface area (Å²) in [6.45, 7) is 13.8. The molecule has 1 heterocycles. The normalized spacial score (nSPS) is 15.9. The van der Waals surface area contributed by atoms with Crippen LogP contribution in [0, 0.1) is 13.0 Å². The van der Waals surface area contributed by atoms with Gasteiger partial charge < -0.3 is 0 Å². The Morgan fingerprint density at radius 2 is 1.55 bits per heavy atom. The third kappa shape index (κ3) is 2.98. The molecule has 0 N–H and O–H groups in total. The maximum absolute atomic E-state index is 12.0. The molecule has 1 aliphatic rings. The van der Waals surface area contributed by atoms with E-state index in [1.165, 1.54) is 0 Å².